The molecule has 0 bridgehead atoms. The third-order valence-electron chi connectivity index (χ3n) is 5.98. The van der Waals surface area contributed by atoms with Gasteiger partial charge in [0.25, 0.3) is 0 Å². The minimum Gasteiger partial charge on any atom is -0.491 e. The second-order valence-electron chi connectivity index (χ2n) is 8.02. The van der Waals surface area contributed by atoms with Crippen molar-refractivity contribution >= 4 is 27.0 Å². The Labute approximate surface area is 198 Å². The number of nitrogens with one attached hydrogen (secondary N) is 2. The Morgan fingerprint density at radius 2 is 1.94 bits per heavy atom. The summed E-state index contributed by atoms with van der Waals surface area (Å²) in [6.45, 7) is 1.15. The first-order valence-electron chi connectivity index (χ1n) is 10.1. The van der Waals surface area contributed by atoms with Gasteiger partial charge >= 0.3 is 6.18 Å². The number of carbonyl (C=O) groups is 1. The molecule has 1 fully saturated rings. The van der Waals surface area contributed by atoms with Crippen LogP contribution in [0.25, 0.3) is 0 Å². The van der Waals surface area contributed by atoms with Crippen molar-refractivity contribution in [2.75, 3.05) is 30.7 Å². The topological polar surface area (TPSA) is 105 Å². The first-order chi connectivity index (χ1) is 16.2. The number of hydrogen-bond acceptors (Lipinski definition) is 7. The second kappa shape index (κ2) is 9.22. The van der Waals surface area contributed by atoms with Crippen LogP contribution in [0.2, 0.25) is 0 Å². The second-order valence-corrected chi connectivity index (χ2v) is 10.1. The highest BCUT2D eigenvalue weighted by Gasteiger charge is 2.67. The maximum atomic E-state index is 14.4. The number of methoxy groups -OCH3 is 2. The van der Waals surface area contributed by atoms with E-state index in [0.717, 1.165) is 44.4 Å². The SMILES string of the molecule is COc1c(N2[C@@H](C(=O)Nc3ccnc([S@](C)(=N)=O)c3)C[C@](OC)(C(F)(F)F)[C@H]2C)ccc(F)c1F. The van der Waals surface area contributed by atoms with Crippen LogP contribution in [0.3, 0.4) is 0 Å². The molecule has 2 N–H and O–H groups in total. The molecule has 0 aliphatic carbocycles. The molecule has 192 valence electrons. The fourth-order valence-corrected chi connectivity index (χ4v) is 4.83. The van der Waals surface area contributed by atoms with Gasteiger partial charge in [-0.15, -0.1) is 0 Å². The standard InChI is InChI=1S/C21H23F5N4O4S/c1-11-20(34-3,21(24,25)26)10-15(30(11)14-6-5-13(22)17(23)18(14)33-2)19(31)29-12-7-8-28-16(9-12)35(4,27)32/h5-9,11,15,27H,10H2,1-4H3,(H,28,29,31)/t11-,15-,20-,35-/m1/s1. The normalized spacial score (nSPS) is 24.2. The minimum atomic E-state index is -4.93. The maximum Gasteiger partial charge on any atom is 0.419 e. The quantitative estimate of drug-likeness (QED) is 0.557. The van der Waals surface area contributed by atoms with Gasteiger partial charge in [0.1, 0.15) is 11.1 Å². The van der Waals surface area contributed by atoms with Gasteiger partial charge < -0.3 is 19.7 Å². The molecule has 1 aliphatic heterocycles. The molecule has 0 saturated carbocycles. The molecule has 3 rings (SSSR count). The number of aromatic nitrogens is 1. The van der Waals surface area contributed by atoms with E-state index in [1.165, 1.54) is 18.3 Å². The number of halogens is 5. The molecular formula is C21H23F5N4O4S. The molecule has 2 aromatic rings. The van der Waals surface area contributed by atoms with Crippen molar-refractivity contribution < 1.29 is 40.4 Å². The third kappa shape index (κ3) is 4.63. The van der Waals surface area contributed by atoms with E-state index in [1.54, 1.807) is 0 Å². The highest BCUT2D eigenvalue weighted by atomic mass is 32.2. The first-order valence-corrected chi connectivity index (χ1v) is 12.1. The first kappa shape index (κ1) is 26.6. The fourth-order valence-electron chi connectivity index (χ4n) is 4.21. The van der Waals surface area contributed by atoms with Gasteiger partial charge in [-0.2, -0.15) is 17.6 Å². The number of alkyl halides is 3. The van der Waals surface area contributed by atoms with Gasteiger partial charge in [-0.1, -0.05) is 0 Å². The molecule has 14 heteroatoms. The Kier molecular flexibility index (Phi) is 7.01. The third-order valence-corrected chi connectivity index (χ3v) is 7.01. The van der Waals surface area contributed by atoms with Gasteiger partial charge in [-0.05, 0) is 31.2 Å². The number of benzene rings is 1. The summed E-state index contributed by atoms with van der Waals surface area (Å²) in [6, 6.07) is 1.09. The lowest BCUT2D eigenvalue weighted by Crippen LogP contribution is -2.55. The molecule has 4 atom stereocenters. The Morgan fingerprint density at radius 1 is 1.29 bits per heavy atom. The largest absolute Gasteiger partial charge is 0.491 e. The van der Waals surface area contributed by atoms with E-state index < -0.39 is 63.3 Å². The predicted molar refractivity (Wildman–Crippen MR) is 117 cm³/mol. The molecule has 2 heterocycles. The predicted octanol–water partition coefficient (Wildman–Crippen LogP) is 3.96. The number of anilines is 2. The summed E-state index contributed by atoms with van der Waals surface area (Å²) < 4.78 is 100. The lowest BCUT2D eigenvalue weighted by atomic mass is 9.92. The summed E-state index contributed by atoms with van der Waals surface area (Å²) in [7, 11) is -1.36. The van der Waals surface area contributed by atoms with E-state index in [0.29, 0.717) is 0 Å². The Balaban J connectivity index is 2.12. The molecule has 1 aromatic heterocycles. The molecule has 0 radical (unpaired) electrons. The molecule has 35 heavy (non-hydrogen) atoms. The molecule has 1 aliphatic rings. The van der Waals surface area contributed by atoms with E-state index in [4.69, 9.17) is 14.3 Å². The van der Waals surface area contributed by atoms with Gasteiger partial charge in [0.15, 0.2) is 17.2 Å². The van der Waals surface area contributed by atoms with Gasteiger partial charge in [-0.3, -0.25) is 4.79 Å². The molecule has 1 aromatic carbocycles. The van der Waals surface area contributed by atoms with Crippen LogP contribution in [0.4, 0.5) is 33.3 Å². The summed E-state index contributed by atoms with van der Waals surface area (Å²) in [5.41, 5.74) is -3.07. The molecule has 1 amide bonds. The lowest BCUT2D eigenvalue weighted by molar-refractivity contribution is -0.270. The van der Waals surface area contributed by atoms with Crippen molar-refractivity contribution in [3.63, 3.8) is 0 Å². The zero-order valence-electron chi connectivity index (χ0n) is 19.1. The van der Waals surface area contributed by atoms with Crippen molar-refractivity contribution in [1.82, 2.24) is 4.98 Å². The summed E-state index contributed by atoms with van der Waals surface area (Å²) in [4.78, 5) is 18.1. The van der Waals surface area contributed by atoms with Gasteiger partial charge in [0, 0.05) is 31.7 Å². The zero-order chi connectivity index (χ0) is 26.3. The van der Waals surface area contributed by atoms with Crippen LogP contribution in [-0.2, 0) is 19.3 Å². The maximum absolute atomic E-state index is 14.4. The fraction of sp³-hybridized carbons (Fsp3) is 0.429. The zero-order valence-corrected chi connectivity index (χ0v) is 19.9. The number of pyridine rings is 1. The van der Waals surface area contributed by atoms with Gasteiger partial charge in [0.05, 0.1) is 28.6 Å². The van der Waals surface area contributed by atoms with Crippen molar-refractivity contribution in [3.8, 4) is 5.75 Å². The van der Waals surface area contributed by atoms with Crippen LogP contribution >= 0.6 is 0 Å². The van der Waals surface area contributed by atoms with E-state index in [-0.39, 0.29) is 16.4 Å². The van der Waals surface area contributed by atoms with Crippen LogP contribution < -0.4 is 15.0 Å². The summed E-state index contributed by atoms with van der Waals surface area (Å²) >= 11 is 0. The monoisotopic (exact) mass is 522 g/mol. The van der Waals surface area contributed by atoms with Crippen molar-refractivity contribution in [2.45, 2.75) is 42.2 Å². The molecular weight excluding hydrogens is 499 g/mol. The average molecular weight is 522 g/mol. The van der Waals surface area contributed by atoms with E-state index >= 15 is 0 Å². The molecule has 8 nitrogen and oxygen atoms in total. The van der Waals surface area contributed by atoms with Crippen LogP contribution in [0.5, 0.6) is 5.75 Å². The number of nitrogens with zero attached hydrogens (tertiary/aromatic N) is 2. The van der Waals surface area contributed by atoms with E-state index in [9.17, 15) is 31.0 Å². The van der Waals surface area contributed by atoms with Crippen molar-refractivity contribution in [3.05, 3.63) is 42.1 Å². The highest BCUT2D eigenvalue weighted by molar-refractivity contribution is 7.91. The lowest BCUT2D eigenvalue weighted by Gasteiger charge is -2.37. The number of amides is 1. The van der Waals surface area contributed by atoms with E-state index in [2.05, 4.69) is 10.3 Å². The van der Waals surface area contributed by atoms with Gasteiger partial charge in [0.2, 0.25) is 11.7 Å². The van der Waals surface area contributed by atoms with Crippen LogP contribution in [-0.4, -0.2) is 59.4 Å². The Hall–Kier alpha value is -3.00. The molecule has 1 saturated heterocycles. The Morgan fingerprint density at radius 3 is 2.49 bits per heavy atom. The number of carbonyl (C=O) groups excluding carboxylic acids is 1. The highest BCUT2D eigenvalue weighted by Crippen LogP contribution is 2.50. The number of hydrogen-bond donors (Lipinski definition) is 2. The van der Waals surface area contributed by atoms with Crippen LogP contribution in [0, 0.1) is 16.4 Å². The van der Waals surface area contributed by atoms with Crippen LogP contribution in [0.15, 0.2) is 35.5 Å². The van der Waals surface area contributed by atoms with E-state index in [1.807, 2.05) is 0 Å². The van der Waals surface area contributed by atoms with Crippen LogP contribution in [0.1, 0.15) is 13.3 Å². The molecule has 0 unspecified atom stereocenters. The smallest absolute Gasteiger partial charge is 0.419 e. The summed E-state index contributed by atoms with van der Waals surface area (Å²) in [5, 5.41) is 2.29. The van der Waals surface area contributed by atoms with Crippen molar-refractivity contribution in [1.29, 1.82) is 4.78 Å². The number of ether oxygens (including phenoxy) is 2. The minimum absolute atomic E-state index is 0.0357. The van der Waals surface area contributed by atoms with Crippen molar-refractivity contribution in [2.24, 2.45) is 0 Å². The van der Waals surface area contributed by atoms with Gasteiger partial charge in [-0.25, -0.2) is 18.4 Å². The molecule has 0 spiro atoms. The summed E-state index contributed by atoms with van der Waals surface area (Å²) in [6.07, 6.45) is -3.50. The Bertz CT molecular complexity index is 1240. The average Bonchev–Trinajstić information content (AvgIpc) is 3.08. The number of rotatable bonds is 6. The summed E-state index contributed by atoms with van der Waals surface area (Å²) in [5.74, 6) is -4.31.